The molecule has 0 aliphatic carbocycles. The molecule has 0 spiro atoms. The van der Waals surface area contributed by atoms with Crippen LogP contribution in [0.1, 0.15) is 59.7 Å². The van der Waals surface area contributed by atoms with E-state index in [1.165, 1.54) is 0 Å². The molecule has 2 amide bonds. The van der Waals surface area contributed by atoms with Crippen molar-refractivity contribution >= 4 is 17.8 Å². The summed E-state index contributed by atoms with van der Waals surface area (Å²) in [4.78, 5) is 38.1. The molecule has 1 unspecified atom stereocenters. The summed E-state index contributed by atoms with van der Waals surface area (Å²) >= 11 is 0. The molecule has 2 aromatic rings. The SMILES string of the molecule is CCn1ccc(C(=O)N2CCC(c3nc(N(C)C)ncc3C(=O)NC(C)C)C2)n1. The highest BCUT2D eigenvalue weighted by Crippen LogP contribution is 2.30. The number of carbonyl (C=O) groups excluding carboxylic acids is 2. The molecule has 1 aliphatic heterocycles. The van der Waals surface area contributed by atoms with Crippen LogP contribution in [0, 0.1) is 0 Å². The molecule has 1 atom stereocenters. The van der Waals surface area contributed by atoms with Crippen molar-refractivity contribution in [2.24, 2.45) is 0 Å². The predicted molar refractivity (Wildman–Crippen MR) is 110 cm³/mol. The van der Waals surface area contributed by atoms with Crippen LogP contribution in [-0.4, -0.2) is 69.7 Å². The van der Waals surface area contributed by atoms with Gasteiger partial charge in [-0.2, -0.15) is 5.10 Å². The lowest BCUT2D eigenvalue weighted by atomic mass is 9.99. The van der Waals surface area contributed by atoms with Crippen LogP contribution in [-0.2, 0) is 6.54 Å². The predicted octanol–water partition coefficient (Wildman–Crippen LogP) is 1.53. The van der Waals surface area contributed by atoms with E-state index in [2.05, 4.69) is 20.4 Å². The summed E-state index contributed by atoms with van der Waals surface area (Å²) in [6, 6.07) is 1.76. The lowest BCUT2D eigenvalue weighted by Crippen LogP contribution is -2.32. The molecule has 0 bridgehead atoms. The van der Waals surface area contributed by atoms with Gasteiger partial charge in [-0.15, -0.1) is 0 Å². The third-order valence-corrected chi connectivity index (χ3v) is 4.92. The number of hydrogen-bond donors (Lipinski definition) is 1. The monoisotopic (exact) mass is 399 g/mol. The maximum Gasteiger partial charge on any atom is 0.274 e. The van der Waals surface area contributed by atoms with Crippen LogP contribution in [0.25, 0.3) is 0 Å². The van der Waals surface area contributed by atoms with Crippen LogP contribution >= 0.6 is 0 Å². The zero-order valence-corrected chi connectivity index (χ0v) is 17.7. The molecule has 156 valence electrons. The normalized spacial score (nSPS) is 16.3. The van der Waals surface area contributed by atoms with Gasteiger partial charge in [0.2, 0.25) is 5.95 Å². The topological polar surface area (TPSA) is 96.3 Å². The summed E-state index contributed by atoms with van der Waals surface area (Å²) in [6.07, 6.45) is 4.14. The summed E-state index contributed by atoms with van der Waals surface area (Å²) in [7, 11) is 3.73. The minimum Gasteiger partial charge on any atom is -0.350 e. The van der Waals surface area contributed by atoms with E-state index in [1.54, 1.807) is 21.8 Å². The van der Waals surface area contributed by atoms with Crippen molar-refractivity contribution in [1.82, 2.24) is 30.0 Å². The molecule has 29 heavy (non-hydrogen) atoms. The Morgan fingerprint density at radius 2 is 2.10 bits per heavy atom. The average molecular weight is 399 g/mol. The van der Waals surface area contributed by atoms with Gasteiger partial charge in [-0.1, -0.05) is 0 Å². The minimum absolute atomic E-state index is 0.0132. The fourth-order valence-corrected chi connectivity index (χ4v) is 3.41. The largest absolute Gasteiger partial charge is 0.350 e. The molecule has 1 saturated heterocycles. The molecule has 9 nitrogen and oxygen atoms in total. The number of aryl methyl sites for hydroxylation is 1. The van der Waals surface area contributed by atoms with Gasteiger partial charge >= 0.3 is 0 Å². The Morgan fingerprint density at radius 1 is 1.34 bits per heavy atom. The number of hydrogen-bond acceptors (Lipinski definition) is 6. The Morgan fingerprint density at radius 3 is 2.72 bits per heavy atom. The van der Waals surface area contributed by atoms with E-state index >= 15 is 0 Å². The van der Waals surface area contributed by atoms with Gasteiger partial charge in [-0.05, 0) is 33.3 Å². The van der Waals surface area contributed by atoms with Crippen LogP contribution in [0.5, 0.6) is 0 Å². The van der Waals surface area contributed by atoms with Gasteiger partial charge in [0.05, 0.1) is 11.3 Å². The molecule has 9 heteroatoms. The van der Waals surface area contributed by atoms with Crippen molar-refractivity contribution in [3.8, 4) is 0 Å². The van der Waals surface area contributed by atoms with Gasteiger partial charge in [-0.25, -0.2) is 9.97 Å². The number of carbonyl (C=O) groups is 2. The molecule has 0 radical (unpaired) electrons. The van der Waals surface area contributed by atoms with Gasteiger partial charge in [0.15, 0.2) is 0 Å². The number of anilines is 1. The van der Waals surface area contributed by atoms with Crippen molar-refractivity contribution in [1.29, 1.82) is 0 Å². The smallest absolute Gasteiger partial charge is 0.274 e. The first-order valence-electron chi connectivity index (χ1n) is 9.98. The first-order chi connectivity index (χ1) is 13.8. The van der Waals surface area contributed by atoms with Crippen LogP contribution in [0.15, 0.2) is 18.5 Å². The molecule has 3 heterocycles. The Balaban J connectivity index is 1.84. The van der Waals surface area contributed by atoms with Crippen LogP contribution in [0.4, 0.5) is 5.95 Å². The van der Waals surface area contributed by atoms with E-state index in [9.17, 15) is 9.59 Å². The Bertz CT molecular complexity index is 891. The van der Waals surface area contributed by atoms with Crippen LogP contribution in [0.2, 0.25) is 0 Å². The van der Waals surface area contributed by atoms with Gasteiger partial charge < -0.3 is 15.1 Å². The molecule has 1 N–H and O–H groups in total. The molecule has 2 aromatic heterocycles. The molecule has 0 saturated carbocycles. The van der Waals surface area contributed by atoms with Crippen LogP contribution in [0.3, 0.4) is 0 Å². The van der Waals surface area contributed by atoms with Crippen molar-refractivity contribution in [2.45, 2.75) is 45.7 Å². The summed E-state index contributed by atoms with van der Waals surface area (Å²) in [5, 5.41) is 7.23. The van der Waals surface area contributed by atoms with E-state index in [4.69, 9.17) is 0 Å². The van der Waals surface area contributed by atoms with E-state index in [1.807, 2.05) is 46.0 Å². The second kappa shape index (κ2) is 8.59. The fourth-order valence-electron chi connectivity index (χ4n) is 3.41. The number of aromatic nitrogens is 4. The number of likely N-dealkylation sites (tertiary alicyclic amines) is 1. The Kier molecular flexibility index (Phi) is 6.14. The lowest BCUT2D eigenvalue weighted by Gasteiger charge is -2.19. The zero-order valence-electron chi connectivity index (χ0n) is 17.7. The highest BCUT2D eigenvalue weighted by molar-refractivity contribution is 5.95. The molecule has 1 fully saturated rings. The minimum atomic E-state index is -0.188. The third-order valence-electron chi connectivity index (χ3n) is 4.92. The second-order valence-electron chi connectivity index (χ2n) is 7.78. The lowest BCUT2D eigenvalue weighted by molar-refractivity contribution is 0.0784. The van der Waals surface area contributed by atoms with Crippen LogP contribution < -0.4 is 10.2 Å². The number of nitrogens with one attached hydrogen (secondary N) is 1. The summed E-state index contributed by atoms with van der Waals surface area (Å²) in [5.41, 5.74) is 1.61. The van der Waals surface area contributed by atoms with Crippen molar-refractivity contribution < 1.29 is 9.59 Å². The van der Waals surface area contributed by atoms with Gasteiger partial charge in [0, 0.05) is 58.1 Å². The van der Waals surface area contributed by atoms with Gasteiger partial charge in [-0.3, -0.25) is 14.3 Å². The summed E-state index contributed by atoms with van der Waals surface area (Å²) < 4.78 is 1.74. The molecular weight excluding hydrogens is 370 g/mol. The van der Waals surface area contributed by atoms with E-state index in [0.29, 0.717) is 36.0 Å². The first-order valence-corrected chi connectivity index (χ1v) is 9.98. The molecule has 0 aromatic carbocycles. The van der Waals surface area contributed by atoms with Crippen molar-refractivity contribution in [3.63, 3.8) is 0 Å². The highest BCUT2D eigenvalue weighted by Gasteiger charge is 2.33. The van der Waals surface area contributed by atoms with E-state index < -0.39 is 0 Å². The fraction of sp³-hybridized carbons (Fsp3) is 0.550. The Labute approximate surface area is 171 Å². The van der Waals surface area contributed by atoms with Crippen molar-refractivity contribution in [2.75, 3.05) is 32.1 Å². The summed E-state index contributed by atoms with van der Waals surface area (Å²) in [5.74, 6) is 0.246. The number of nitrogens with zero attached hydrogens (tertiary/aromatic N) is 6. The average Bonchev–Trinajstić information content (AvgIpc) is 3.36. The standard InChI is InChI=1S/C20H29N7O2/c1-6-27-10-8-16(24-27)19(29)26-9-7-14(12-26)17-15(18(28)22-13(2)3)11-21-20(23-17)25(4)5/h8,10-11,13-14H,6-7,9,12H2,1-5H3,(H,22,28). The summed E-state index contributed by atoms with van der Waals surface area (Å²) in [6.45, 7) is 7.64. The molecular formula is C20H29N7O2. The third kappa shape index (κ3) is 4.55. The van der Waals surface area contributed by atoms with E-state index in [-0.39, 0.29) is 23.8 Å². The van der Waals surface area contributed by atoms with Gasteiger partial charge in [0.25, 0.3) is 11.8 Å². The van der Waals surface area contributed by atoms with Gasteiger partial charge in [0.1, 0.15) is 5.69 Å². The zero-order chi connectivity index (χ0) is 21.1. The molecule has 1 aliphatic rings. The number of amides is 2. The molecule has 3 rings (SSSR count). The van der Waals surface area contributed by atoms with E-state index in [0.717, 1.165) is 13.0 Å². The number of rotatable bonds is 6. The maximum atomic E-state index is 12.8. The second-order valence-corrected chi connectivity index (χ2v) is 7.78. The Hall–Kier alpha value is -2.97. The maximum absolute atomic E-state index is 12.8. The first kappa shape index (κ1) is 20.8. The van der Waals surface area contributed by atoms with Crippen molar-refractivity contribution in [3.05, 3.63) is 35.4 Å². The highest BCUT2D eigenvalue weighted by atomic mass is 16.2. The quantitative estimate of drug-likeness (QED) is 0.791.